The summed E-state index contributed by atoms with van der Waals surface area (Å²) in [5.41, 5.74) is 0.0258. The minimum atomic E-state index is -0.360. The second-order valence-electron chi connectivity index (χ2n) is 8.83. The Morgan fingerprint density at radius 2 is 1.65 bits per heavy atom. The average molecular weight is 454 g/mol. The van der Waals surface area contributed by atoms with Crippen molar-refractivity contribution in [3.63, 3.8) is 0 Å². The van der Waals surface area contributed by atoms with Crippen LogP contribution in [0.25, 0.3) is 0 Å². The number of hydrogen-bond acceptors (Lipinski definition) is 5. The monoisotopic (exact) mass is 453 g/mol. The number of amides is 1. The summed E-state index contributed by atoms with van der Waals surface area (Å²) in [4.78, 5) is 12.4. The van der Waals surface area contributed by atoms with Crippen molar-refractivity contribution >= 4 is 17.9 Å². The molecule has 0 aliphatic heterocycles. The van der Waals surface area contributed by atoms with E-state index >= 15 is 0 Å². The van der Waals surface area contributed by atoms with Gasteiger partial charge in [0.1, 0.15) is 11.2 Å². The molecule has 31 heavy (non-hydrogen) atoms. The van der Waals surface area contributed by atoms with Crippen LogP contribution in [0.4, 0.5) is 0 Å². The molecule has 0 fully saturated rings. The Morgan fingerprint density at radius 3 is 2.26 bits per heavy atom. The Morgan fingerprint density at radius 1 is 1.03 bits per heavy atom. The summed E-state index contributed by atoms with van der Waals surface area (Å²) in [6.45, 7) is 11.0. The number of rotatable bonds is 16. The molecule has 5 nitrogen and oxygen atoms in total. The quantitative estimate of drug-likeness (QED) is 0.214. The molecule has 1 aromatic carbocycles. The zero-order valence-electron chi connectivity index (χ0n) is 20.2. The molecule has 0 aromatic heterocycles. The fraction of sp³-hybridized carbons (Fsp3) is 0.720. The predicted molar refractivity (Wildman–Crippen MR) is 130 cm³/mol. The number of phenols is 1. The molecule has 0 aliphatic carbocycles. The van der Waals surface area contributed by atoms with Crippen molar-refractivity contribution in [3.8, 4) is 5.75 Å². The van der Waals surface area contributed by atoms with Gasteiger partial charge in [-0.1, -0.05) is 78.4 Å². The van der Waals surface area contributed by atoms with Crippen LogP contribution in [0.1, 0.15) is 89.9 Å². The van der Waals surface area contributed by atoms with Crippen molar-refractivity contribution in [3.05, 3.63) is 29.8 Å². The van der Waals surface area contributed by atoms with Gasteiger partial charge in [-0.05, 0) is 55.2 Å². The van der Waals surface area contributed by atoms with E-state index in [0.717, 1.165) is 24.7 Å². The number of nitrogens with one attached hydrogen (secondary N) is 1. The molecule has 1 rings (SSSR count). The third-order valence-corrected chi connectivity index (χ3v) is 7.10. The number of methoxy groups -OCH3 is 1. The van der Waals surface area contributed by atoms with Crippen molar-refractivity contribution in [1.82, 2.24) is 4.72 Å². The molecule has 1 aromatic rings. The standard InChI is InChI=1S/C25H43NO4S/c1-7-18(2)12-10-13-19(3)14-11-15-20(4)25(30-21(5)29-6)31-26-24(28)22-16-8-9-17-23(22)27/h8-9,16-21,25,27H,7,10-15H2,1-6H3,(H,26,28)/t18-,19-,20-,21-,25-/m0/s1. The highest BCUT2D eigenvalue weighted by Crippen LogP contribution is 2.27. The molecule has 0 bridgehead atoms. The second-order valence-corrected chi connectivity index (χ2v) is 9.74. The zero-order chi connectivity index (χ0) is 23.2. The van der Waals surface area contributed by atoms with Gasteiger partial charge in [-0.25, -0.2) is 0 Å². The lowest BCUT2D eigenvalue weighted by Crippen LogP contribution is -2.29. The van der Waals surface area contributed by atoms with E-state index < -0.39 is 0 Å². The number of para-hydroxylation sites is 1. The largest absolute Gasteiger partial charge is 0.507 e. The number of phenolic OH excluding ortho intramolecular Hbond substituents is 1. The lowest BCUT2D eigenvalue weighted by molar-refractivity contribution is -0.130. The molecule has 178 valence electrons. The number of benzene rings is 1. The van der Waals surface area contributed by atoms with Crippen LogP contribution in [0, 0.1) is 17.8 Å². The summed E-state index contributed by atoms with van der Waals surface area (Å²) in [5.74, 6) is 1.46. The van der Waals surface area contributed by atoms with Gasteiger partial charge in [0.25, 0.3) is 5.91 Å². The van der Waals surface area contributed by atoms with Crippen LogP contribution in [0.3, 0.4) is 0 Å². The fourth-order valence-electron chi connectivity index (χ4n) is 3.44. The number of carbonyl (C=O) groups excluding carboxylic acids is 1. The molecule has 5 atom stereocenters. The SMILES string of the molecule is CC[C@H](C)CCC[C@H](C)CCC[C@H](C)[C@@H](O[C@@H](C)OC)SNC(=O)c1ccccc1O. The van der Waals surface area contributed by atoms with E-state index in [-0.39, 0.29) is 34.9 Å². The smallest absolute Gasteiger partial charge is 0.264 e. The minimum absolute atomic E-state index is 0.0290. The van der Waals surface area contributed by atoms with E-state index in [4.69, 9.17) is 9.47 Å². The summed E-state index contributed by atoms with van der Waals surface area (Å²) in [7, 11) is 1.61. The second kappa shape index (κ2) is 15.5. The summed E-state index contributed by atoms with van der Waals surface area (Å²) in [6, 6.07) is 6.53. The molecule has 0 spiro atoms. The third-order valence-electron chi connectivity index (χ3n) is 5.99. The first kappa shape index (κ1) is 27.8. The van der Waals surface area contributed by atoms with E-state index in [1.165, 1.54) is 50.1 Å². The molecule has 0 saturated carbocycles. The van der Waals surface area contributed by atoms with E-state index in [1.807, 2.05) is 6.92 Å². The first-order valence-electron chi connectivity index (χ1n) is 11.7. The Bertz CT molecular complexity index is 627. The van der Waals surface area contributed by atoms with Gasteiger partial charge in [0, 0.05) is 7.11 Å². The maximum absolute atomic E-state index is 12.4. The molecular weight excluding hydrogens is 410 g/mol. The maximum atomic E-state index is 12.4. The van der Waals surface area contributed by atoms with Crippen molar-refractivity contribution < 1.29 is 19.4 Å². The number of aromatic hydroxyl groups is 1. The Hall–Kier alpha value is -1.24. The van der Waals surface area contributed by atoms with Crippen molar-refractivity contribution in [2.75, 3.05) is 7.11 Å². The third kappa shape index (κ3) is 11.3. The Balaban J connectivity index is 2.49. The van der Waals surface area contributed by atoms with Crippen molar-refractivity contribution in [2.24, 2.45) is 17.8 Å². The lowest BCUT2D eigenvalue weighted by Gasteiger charge is -2.26. The predicted octanol–water partition coefficient (Wildman–Crippen LogP) is 6.76. The van der Waals surface area contributed by atoms with Crippen LogP contribution in [-0.2, 0) is 9.47 Å². The normalized spacial score (nSPS) is 16.3. The van der Waals surface area contributed by atoms with Gasteiger partial charge in [0.2, 0.25) is 0 Å². The van der Waals surface area contributed by atoms with E-state index in [0.29, 0.717) is 0 Å². The molecule has 1 amide bonds. The molecule has 0 aliphatic rings. The number of carbonyl (C=O) groups is 1. The van der Waals surface area contributed by atoms with E-state index in [9.17, 15) is 9.90 Å². The summed E-state index contributed by atoms with van der Waals surface area (Å²) in [5, 5.41) is 9.89. The lowest BCUT2D eigenvalue weighted by atomic mass is 9.93. The highest BCUT2D eigenvalue weighted by Gasteiger charge is 2.23. The molecule has 0 unspecified atom stereocenters. The topological polar surface area (TPSA) is 67.8 Å². The van der Waals surface area contributed by atoms with Crippen LogP contribution in [0.15, 0.2) is 24.3 Å². The van der Waals surface area contributed by atoms with Crippen LogP contribution in [0.2, 0.25) is 0 Å². The molecule has 6 heteroatoms. The first-order chi connectivity index (χ1) is 14.8. The highest BCUT2D eigenvalue weighted by atomic mass is 32.2. The minimum Gasteiger partial charge on any atom is -0.507 e. The molecular formula is C25H43NO4S. The first-order valence-corrected chi connectivity index (χ1v) is 12.6. The van der Waals surface area contributed by atoms with Crippen LogP contribution < -0.4 is 4.72 Å². The van der Waals surface area contributed by atoms with Crippen molar-refractivity contribution in [1.29, 1.82) is 0 Å². The van der Waals surface area contributed by atoms with Crippen LogP contribution in [-0.4, -0.2) is 29.8 Å². The number of hydrogen-bond donors (Lipinski definition) is 2. The number of ether oxygens (including phenoxy) is 2. The summed E-state index contributed by atoms with van der Waals surface area (Å²) < 4.78 is 14.1. The van der Waals surface area contributed by atoms with Crippen LogP contribution in [0.5, 0.6) is 5.75 Å². The maximum Gasteiger partial charge on any atom is 0.264 e. The summed E-state index contributed by atoms with van der Waals surface area (Å²) >= 11 is 1.25. The van der Waals surface area contributed by atoms with Gasteiger partial charge in [0.05, 0.1) is 5.56 Å². The van der Waals surface area contributed by atoms with Gasteiger partial charge < -0.3 is 14.6 Å². The Labute approximate surface area is 193 Å². The summed E-state index contributed by atoms with van der Waals surface area (Å²) in [6.07, 6.45) is 8.23. The molecule has 0 heterocycles. The zero-order valence-corrected chi connectivity index (χ0v) is 21.0. The van der Waals surface area contributed by atoms with Gasteiger partial charge in [0.15, 0.2) is 6.29 Å². The molecule has 0 radical (unpaired) electrons. The van der Waals surface area contributed by atoms with Crippen LogP contribution >= 0.6 is 11.9 Å². The van der Waals surface area contributed by atoms with Gasteiger partial charge >= 0.3 is 0 Å². The Kier molecular flexibility index (Phi) is 13.9. The van der Waals surface area contributed by atoms with Crippen molar-refractivity contribution in [2.45, 2.75) is 91.3 Å². The van der Waals surface area contributed by atoms with E-state index in [1.54, 1.807) is 25.3 Å². The molecule has 2 N–H and O–H groups in total. The van der Waals surface area contributed by atoms with E-state index in [2.05, 4.69) is 32.4 Å². The average Bonchev–Trinajstić information content (AvgIpc) is 2.76. The fourth-order valence-corrected chi connectivity index (χ4v) is 4.36. The molecule has 0 saturated heterocycles. The van der Waals surface area contributed by atoms with Gasteiger partial charge in [-0.15, -0.1) is 0 Å². The highest BCUT2D eigenvalue weighted by molar-refractivity contribution is 7.98. The van der Waals surface area contributed by atoms with Gasteiger partial charge in [-0.3, -0.25) is 9.52 Å². The van der Waals surface area contributed by atoms with Gasteiger partial charge in [-0.2, -0.15) is 0 Å².